The average Bonchev–Trinajstić information content (AvgIpc) is 2.81. The predicted molar refractivity (Wildman–Crippen MR) is 67.0 cm³/mol. The number of aryl methyl sites for hydroxylation is 2. The SMILES string of the molecule is Cc1ccc2nc(N)n(-c3cnn(C)c3)c2c1. The molecule has 5 heteroatoms. The summed E-state index contributed by atoms with van der Waals surface area (Å²) in [7, 11) is 1.88. The number of nitrogens with zero attached hydrogens (tertiary/aromatic N) is 4. The number of rotatable bonds is 1. The summed E-state index contributed by atoms with van der Waals surface area (Å²) in [6, 6.07) is 6.09. The molecule has 2 heterocycles. The number of imidazole rings is 1. The maximum absolute atomic E-state index is 5.96. The van der Waals surface area contributed by atoms with Crippen LogP contribution in [-0.2, 0) is 7.05 Å². The second-order valence-corrected chi connectivity index (χ2v) is 4.17. The fraction of sp³-hybridized carbons (Fsp3) is 0.167. The molecule has 86 valence electrons. The van der Waals surface area contributed by atoms with Crippen LogP contribution in [0.15, 0.2) is 30.6 Å². The third-order valence-electron chi connectivity index (χ3n) is 2.79. The van der Waals surface area contributed by atoms with Gasteiger partial charge < -0.3 is 5.73 Å². The summed E-state index contributed by atoms with van der Waals surface area (Å²) in [5.74, 6) is 0.485. The van der Waals surface area contributed by atoms with Gasteiger partial charge in [-0.1, -0.05) is 6.07 Å². The first kappa shape index (κ1) is 9.89. The molecule has 0 radical (unpaired) electrons. The minimum Gasteiger partial charge on any atom is -0.369 e. The largest absolute Gasteiger partial charge is 0.369 e. The second kappa shape index (κ2) is 3.35. The Kier molecular flexibility index (Phi) is 1.95. The van der Waals surface area contributed by atoms with Gasteiger partial charge in [-0.3, -0.25) is 9.25 Å². The molecule has 17 heavy (non-hydrogen) atoms. The van der Waals surface area contributed by atoms with Crippen molar-refractivity contribution < 1.29 is 0 Å². The monoisotopic (exact) mass is 227 g/mol. The van der Waals surface area contributed by atoms with Gasteiger partial charge in [0.1, 0.15) is 0 Å². The number of hydrogen-bond donors (Lipinski definition) is 1. The number of hydrogen-bond acceptors (Lipinski definition) is 3. The number of anilines is 1. The van der Waals surface area contributed by atoms with Crippen molar-refractivity contribution in [2.75, 3.05) is 5.73 Å². The van der Waals surface area contributed by atoms with Gasteiger partial charge in [0.2, 0.25) is 5.95 Å². The van der Waals surface area contributed by atoms with Gasteiger partial charge in [0, 0.05) is 13.2 Å². The van der Waals surface area contributed by atoms with E-state index in [1.54, 1.807) is 10.9 Å². The van der Waals surface area contributed by atoms with Crippen LogP contribution in [-0.4, -0.2) is 19.3 Å². The van der Waals surface area contributed by atoms with Gasteiger partial charge in [0.05, 0.1) is 22.9 Å². The molecule has 3 rings (SSSR count). The van der Waals surface area contributed by atoms with E-state index in [2.05, 4.69) is 23.1 Å². The molecule has 0 aliphatic carbocycles. The van der Waals surface area contributed by atoms with Crippen molar-refractivity contribution >= 4 is 17.0 Å². The molecule has 0 saturated heterocycles. The van der Waals surface area contributed by atoms with Crippen LogP contribution >= 0.6 is 0 Å². The van der Waals surface area contributed by atoms with Crippen molar-refractivity contribution in [3.8, 4) is 5.69 Å². The van der Waals surface area contributed by atoms with E-state index in [0.717, 1.165) is 16.7 Å². The lowest BCUT2D eigenvalue weighted by Gasteiger charge is -2.02. The third kappa shape index (κ3) is 1.47. The summed E-state index contributed by atoms with van der Waals surface area (Å²) in [5, 5.41) is 4.16. The highest BCUT2D eigenvalue weighted by atomic mass is 15.3. The highest BCUT2D eigenvalue weighted by Crippen LogP contribution is 2.23. The molecule has 0 aliphatic rings. The van der Waals surface area contributed by atoms with E-state index < -0.39 is 0 Å². The van der Waals surface area contributed by atoms with Gasteiger partial charge in [-0.25, -0.2) is 4.98 Å². The Labute approximate surface area is 98.5 Å². The van der Waals surface area contributed by atoms with Crippen molar-refractivity contribution in [3.63, 3.8) is 0 Å². The highest BCUT2D eigenvalue weighted by molar-refractivity contribution is 5.81. The van der Waals surface area contributed by atoms with Crippen molar-refractivity contribution in [1.82, 2.24) is 19.3 Å². The molecule has 0 amide bonds. The Hall–Kier alpha value is -2.30. The second-order valence-electron chi connectivity index (χ2n) is 4.17. The number of fused-ring (bicyclic) bond motifs is 1. The van der Waals surface area contributed by atoms with Crippen LogP contribution in [0.3, 0.4) is 0 Å². The fourth-order valence-electron chi connectivity index (χ4n) is 2.00. The Balaban J connectivity index is 2.34. The summed E-state index contributed by atoms with van der Waals surface area (Å²) in [6.07, 6.45) is 3.69. The standard InChI is InChI=1S/C12H13N5/c1-8-3-4-10-11(5-8)17(12(13)15-10)9-6-14-16(2)7-9/h3-7H,1-2H3,(H2,13,15). The van der Waals surface area contributed by atoms with E-state index in [4.69, 9.17) is 5.73 Å². The Morgan fingerprint density at radius 1 is 1.29 bits per heavy atom. The average molecular weight is 227 g/mol. The molecule has 2 N–H and O–H groups in total. The lowest BCUT2D eigenvalue weighted by atomic mass is 10.2. The Bertz CT molecular complexity index is 692. The molecule has 0 fully saturated rings. The van der Waals surface area contributed by atoms with Crippen LogP contribution in [0.2, 0.25) is 0 Å². The zero-order valence-corrected chi connectivity index (χ0v) is 9.75. The van der Waals surface area contributed by atoms with Gasteiger partial charge in [0.25, 0.3) is 0 Å². The molecule has 2 aromatic heterocycles. The van der Waals surface area contributed by atoms with E-state index >= 15 is 0 Å². The lowest BCUT2D eigenvalue weighted by Crippen LogP contribution is -1.99. The van der Waals surface area contributed by atoms with Crippen molar-refractivity contribution in [1.29, 1.82) is 0 Å². The third-order valence-corrected chi connectivity index (χ3v) is 2.79. The van der Waals surface area contributed by atoms with Crippen LogP contribution in [0.5, 0.6) is 0 Å². The zero-order chi connectivity index (χ0) is 12.0. The first-order chi connectivity index (χ1) is 8.15. The minimum absolute atomic E-state index is 0.485. The summed E-state index contributed by atoms with van der Waals surface area (Å²) < 4.78 is 3.66. The summed E-state index contributed by atoms with van der Waals surface area (Å²) in [4.78, 5) is 4.34. The van der Waals surface area contributed by atoms with Crippen LogP contribution in [0.1, 0.15) is 5.56 Å². The number of nitrogens with two attached hydrogens (primary N) is 1. The highest BCUT2D eigenvalue weighted by Gasteiger charge is 2.10. The fourth-order valence-corrected chi connectivity index (χ4v) is 2.00. The molecule has 3 aromatic rings. The van der Waals surface area contributed by atoms with Gasteiger partial charge in [0.15, 0.2) is 0 Å². The molecule has 0 aliphatic heterocycles. The van der Waals surface area contributed by atoms with Crippen molar-refractivity contribution in [3.05, 3.63) is 36.2 Å². The van der Waals surface area contributed by atoms with Gasteiger partial charge >= 0.3 is 0 Å². The van der Waals surface area contributed by atoms with Gasteiger partial charge in [-0.05, 0) is 24.6 Å². The molecular weight excluding hydrogens is 214 g/mol. The summed E-state index contributed by atoms with van der Waals surface area (Å²) in [6.45, 7) is 2.05. The molecule has 0 unspecified atom stereocenters. The van der Waals surface area contributed by atoms with Crippen LogP contribution < -0.4 is 5.73 Å². The summed E-state index contributed by atoms with van der Waals surface area (Å²) >= 11 is 0. The molecule has 1 aromatic carbocycles. The molecular formula is C12H13N5. The zero-order valence-electron chi connectivity index (χ0n) is 9.75. The Morgan fingerprint density at radius 3 is 2.82 bits per heavy atom. The normalized spacial score (nSPS) is 11.2. The van der Waals surface area contributed by atoms with Crippen LogP contribution in [0.4, 0.5) is 5.95 Å². The smallest absolute Gasteiger partial charge is 0.206 e. The molecule has 0 bridgehead atoms. The van der Waals surface area contributed by atoms with E-state index in [-0.39, 0.29) is 0 Å². The molecule has 0 saturated carbocycles. The Morgan fingerprint density at radius 2 is 2.12 bits per heavy atom. The lowest BCUT2D eigenvalue weighted by molar-refractivity contribution is 0.767. The van der Waals surface area contributed by atoms with E-state index in [1.807, 2.05) is 29.9 Å². The van der Waals surface area contributed by atoms with Crippen molar-refractivity contribution in [2.24, 2.45) is 7.05 Å². The quantitative estimate of drug-likeness (QED) is 0.687. The topological polar surface area (TPSA) is 61.7 Å². The maximum atomic E-state index is 5.96. The molecule has 0 spiro atoms. The predicted octanol–water partition coefficient (Wildman–Crippen LogP) is 1.65. The molecule has 5 nitrogen and oxygen atoms in total. The van der Waals surface area contributed by atoms with E-state index in [1.165, 1.54) is 5.56 Å². The van der Waals surface area contributed by atoms with E-state index in [9.17, 15) is 0 Å². The van der Waals surface area contributed by atoms with Crippen LogP contribution in [0, 0.1) is 6.92 Å². The number of benzene rings is 1. The maximum Gasteiger partial charge on any atom is 0.206 e. The van der Waals surface area contributed by atoms with Gasteiger partial charge in [-0.15, -0.1) is 0 Å². The number of aromatic nitrogens is 4. The van der Waals surface area contributed by atoms with E-state index in [0.29, 0.717) is 5.95 Å². The number of nitrogen functional groups attached to an aromatic ring is 1. The molecule has 0 atom stereocenters. The first-order valence-electron chi connectivity index (χ1n) is 5.39. The minimum atomic E-state index is 0.485. The van der Waals surface area contributed by atoms with Crippen LogP contribution in [0.25, 0.3) is 16.7 Å². The first-order valence-corrected chi connectivity index (χ1v) is 5.39. The van der Waals surface area contributed by atoms with Gasteiger partial charge in [-0.2, -0.15) is 5.10 Å². The summed E-state index contributed by atoms with van der Waals surface area (Å²) in [5.41, 5.74) is 9.98. The van der Waals surface area contributed by atoms with Crippen molar-refractivity contribution in [2.45, 2.75) is 6.92 Å².